The van der Waals surface area contributed by atoms with Gasteiger partial charge in [-0.1, -0.05) is 39.3 Å². The quantitative estimate of drug-likeness (QED) is 0.491. The molecule has 0 aliphatic carbocycles. The fourth-order valence-electron chi connectivity index (χ4n) is 2.92. The molecule has 0 aromatic carbocycles. The van der Waals surface area contributed by atoms with Gasteiger partial charge in [0, 0.05) is 6.20 Å². The molecular formula is C14H26F2N4O4Si2. The molecule has 1 aromatic rings. The summed E-state index contributed by atoms with van der Waals surface area (Å²) >= 11 is 0. The first-order chi connectivity index (χ1) is 11.5. The second-order valence-electron chi connectivity index (χ2n) is 8.65. The number of hydrogen-bond acceptors (Lipinski definition) is 7. The van der Waals surface area contributed by atoms with Crippen LogP contribution in [0.1, 0.15) is 0 Å². The lowest BCUT2D eigenvalue weighted by atomic mass is 10.2. The summed E-state index contributed by atoms with van der Waals surface area (Å²) in [6.45, 7) is 10.0. The lowest BCUT2D eigenvalue weighted by Crippen LogP contribution is -2.72. The van der Waals surface area contributed by atoms with Crippen molar-refractivity contribution in [2.75, 3.05) is 10.9 Å². The van der Waals surface area contributed by atoms with Gasteiger partial charge in [-0.15, -0.1) is 5.17 Å². The zero-order valence-corrected chi connectivity index (χ0v) is 17.7. The lowest BCUT2D eigenvalue weighted by molar-refractivity contribution is -0.137. The molecule has 1 aliphatic rings. The van der Waals surface area contributed by atoms with Crippen LogP contribution in [0.5, 0.6) is 0 Å². The summed E-state index contributed by atoms with van der Waals surface area (Å²) < 4.78 is 31.2. The second kappa shape index (κ2) is 6.09. The molecule has 1 fully saturated rings. The predicted molar refractivity (Wildman–Crippen MR) is 98.6 cm³/mol. The SMILES string of the molecule is C[Si](C)(C)C(O)[C@H]1ON(n2ccc(N)nc2=O)C(F)(F)[C@@]1(O)[Si](C)(C)C. The van der Waals surface area contributed by atoms with Crippen molar-refractivity contribution >= 4 is 22.0 Å². The first-order valence-corrected chi connectivity index (χ1v) is 15.2. The highest BCUT2D eigenvalue weighted by molar-refractivity contribution is 6.80. The molecule has 2 heterocycles. The van der Waals surface area contributed by atoms with Gasteiger partial charge in [-0.05, 0) is 6.07 Å². The molecule has 4 N–H and O–H groups in total. The molecule has 2 rings (SSSR count). The smallest absolute Gasteiger partial charge is 0.388 e. The van der Waals surface area contributed by atoms with E-state index in [1.165, 1.54) is 0 Å². The zero-order chi connectivity index (χ0) is 20.3. The molecule has 0 radical (unpaired) electrons. The van der Waals surface area contributed by atoms with Crippen LogP contribution >= 0.6 is 0 Å². The van der Waals surface area contributed by atoms with Crippen LogP contribution in [-0.2, 0) is 4.84 Å². The van der Waals surface area contributed by atoms with E-state index in [-0.39, 0.29) is 11.0 Å². The highest BCUT2D eigenvalue weighted by Gasteiger charge is 2.76. The number of nitrogens with zero attached hydrogens (tertiary/aromatic N) is 3. The molecule has 8 nitrogen and oxygen atoms in total. The van der Waals surface area contributed by atoms with E-state index in [0.29, 0.717) is 4.68 Å². The number of aromatic nitrogens is 2. The van der Waals surface area contributed by atoms with Crippen molar-refractivity contribution in [2.45, 2.75) is 62.4 Å². The fourth-order valence-corrected chi connectivity index (χ4v) is 6.36. The third kappa shape index (κ3) is 2.98. The predicted octanol–water partition coefficient (Wildman–Crippen LogP) is 0.517. The molecule has 1 unspecified atom stereocenters. The van der Waals surface area contributed by atoms with Crippen molar-refractivity contribution in [3.63, 3.8) is 0 Å². The molecule has 12 heteroatoms. The van der Waals surface area contributed by atoms with Crippen LogP contribution in [0.2, 0.25) is 39.3 Å². The van der Waals surface area contributed by atoms with Crippen LogP contribution in [0, 0.1) is 0 Å². The van der Waals surface area contributed by atoms with Crippen molar-refractivity contribution in [3.05, 3.63) is 22.7 Å². The maximum Gasteiger partial charge on any atom is 0.388 e. The van der Waals surface area contributed by atoms with Crippen molar-refractivity contribution in [1.82, 2.24) is 9.66 Å². The van der Waals surface area contributed by atoms with E-state index in [1.54, 1.807) is 39.3 Å². The van der Waals surface area contributed by atoms with E-state index >= 15 is 8.78 Å². The number of aliphatic hydroxyl groups excluding tert-OH is 1. The van der Waals surface area contributed by atoms with Crippen LogP contribution in [0.3, 0.4) is 0 Å². The van der Waals surface area contributed by atoms with Gasteiger partial charge in [0.15, 0.2) is 5.22 Å². The number of halogens is 2. The minimum atomic E-state index is -3.97. The molecule has 3 atom stereocenters. The number of anilines is 1. The van der Waals surface area contributed by atoms with E-state index in [4.69, 9.17) is 10.6 Å². The minimum absolute atomic E-state index is 0.0219. The third-order valence-corrected chi connectivity index (χ3v) is 9.59. The summed E-state index contributed by atoms with van der Waals surface area (Å²) in [6.07, 6.45) is -0.591. The van der Waals surface area contributed by atoms with Gasteiger partial charge in [0.1, 0.15) is 11.9 Å². The molecule has 0 spiro atoms. The number of nitrogen functional groups attached to an aromatic ring is 1. The monoisotopic (exact) mass is 408 g/mol. The Morgan fingerprint density at radius 3 is 2.27 bits per heavy atom. The number of hydrogen-bond donors (Lipinski definition) is 3. The Morgan fingerprint density at radius 1 is 1.31 bits per heavy atom. The number of aliphatic hydroxyl groups is 2. The van der Waals surface area contributed by atoms with E-state index in [2.05, 4.69) is 4.98 Å². The Morgan fingerprint density at radius 2 is 1.85 bits per heavy atom. The number of hydroxylamine groups is 1. The van der Waals surface area contributed by atoms with Gasteiger partial charge in [-0.3, -0.25) is 0 Å². The Hall–Kier alpha value is -1.35. The summed E-state index contributed by atoms with van der Waals surface area (Å²) in [7, 11) is -5.45. The highest BCUT2D eigenvalue weighted by Crippen LogP contribution is 2.49. The molecule has 0 bridgehead atoms. The Balaban J connectivity index is 2.67. The van der Waals surface area contributed by atoms with E-state index in [9.17, 15) is 15.0 Å². The van der Waals surface area contributed by atoms with Crippen LogP contribution < -0.4 is 16.6 Å². The molecule has 1 saturated heterocycles. The maximum absolute atomic E-state index is 15.4. The molecule has 1 aromatic heterocycles. The summed E-state index contributed by atoms with van der Waals surface area (Å²) in [6, 6.07) is -2.80. The molecule has 26 heavy (non-hydrogen) atoms. The molecular weight excluding hydrogens is 382 g/mol. The minimum Gasteiger partial charge on any atom is -0.394 e. The van der Waals surface area contributed by atoms with Crippen molar-refractivity contribution in [2.24, 2.45) is 0 Å². The van der Waals surface area contributed by atoms with Gasteiger partial charge < -0.3 is 15.9 Å². The third-order valence-electron chi connectivity index (χ3n) is 4.64. The van der Waals surface area contributed by atoms with Gasteiger partial charge in [-0.25, -0.2) is 9.63 Å². The standard InChI is InChI=1S/C14H26F2N4O4Si2/c1-25(2,3)11(21)10-13(23,26(4,5)6)14(15,16)20(24-10)19-8-7-9(17)18-12(19)22/h7-8,10-11,21,23H,1-6H3,(H2,17,18,22)/t10-,11?,13+/m1/s1. The van der Waals surface area contributed by atoms with Gasteiger partial charge in [0.2, 0.25) is 0 Å². The van der Waals surface area contributed by atoms with E-state index in [1.807, 2.05) is 0 Å². The summed E-state index contributed by atoms with van der Waals surface area (Å²) in [4.78, 5) is 20.8. The number of nitrogens with two attached hydrogens (primary N) is 1. The number of alkyl halides is 2. The number of rotatable bonds is 4. The molecule has 1 aliphatic heterocycles. The van der Waals surface area contributed by atoms with Gasteiger partial charge in [0.05, 0.1) is 21.9 Å². The molecule has 0 saturated carbocycles. The van der Waals surface area contributed by atoms with Gasteiger partial charge >= 0.3 is 11.7 Å². The first kappa shape index (κ1) is 21.0. The van der Waals surface area contributed by atoms with Gasteiger partial charge in [-0.2, -0.15) is 18.4 Å². The highest BCUT2D eigenvalue weighted by atomic mass is 28.3. The van der Waals surface area contributed by atoms with E-state index < -0.39 is 44.9 Å². The summed E-state index contributed by atoms with van der Waals surface area (Å²) in [5.74, 6) is -0.132. The molecule has 148 valence electrons. The fraction of sp³-hybridized carbons (Fsp3) is 0.714. The van der Waals surface area contributed by atoms with Crippen LogP contribution in [0.15, 0.2) is 17.1 Å². The average Bonchev–Trinajstić information content (AvgIpc) is 2.66. The van der Waals surface area contributed by atoms with Gasteiger partial charge in [0.25, 0.3) is 0 Å². The van der Waals surface area contributed by atoms with Crippen LogP contribution in [0.4, 0.5) is 14.6 Å². The Kier molecular flexibility index (Phi) is 4.91. The first-order valence-electron chi connectivity index (χ1n) is 8.16. The maximum atomic E-state index is 15.4. The largest absolute Gasteiger partial charge is 0.394 e. The lowest BCUT2D eigenvalue weighted by Gasteiger charge is -2.43. The normalized spacial score (nSPS) is 27.6. The van der Waals surface area contributed by atoms with Crippen LogP contribution in [0.25, 0.3) is 0 Å². The van der Waals surface area contributed by atoms with Crippen molar-refractivity contribution < 1.29 is 23.8 Å². The van der Waals surface area contributed by atoms with Crippen molar-refractivity contribution in [3.8, 4) is 0 Å². The van der Waals surface area contributed by atoms with Crippen LogP contribution in [-0.4, -0.2) is 59.1 Å². The van der Waals surface area contributed by atoms with Crippen molar-refractivity contribution in [1.29, 1.82) is 0 Å². The Labute approximate surface area is 152 Å². The topological polar surface area (TPSA) is 114 Å². The average molecular weight is 409 g/mol. The second-order valence-corrected chi connectivity index (χ2v) is 19.2. The summed E-state index contributed by atoms with van der Waals surface area (Å²) in [5, 5.41) is 19.3. The zero-order valence-electron chi connectivity index (χ0n) is 15.7. The van der Waals surface area contributed by atoms with E-state index in [0.717, 1.165) is 12.3 Å². The Bertz CT molecular complexity index is 750. The summed E-state index contributed by atoms with van der Waals surface area (Å²) in [5.41, 5.74) is 3.04. The molecule has 0 amide bonds.